The van der Waals surface area contributed by atoms with Crippen LogP contribution in [0, 0.1) is 6.92 Å². The van der Waals surface area contributed by atoms with E-state index < -0.39 is 0 Å². The van der Waals surface area contributed by atoms with Crippen molar-refractivity contribution in [2.45, 2.75) is 13.3 Å². The number of aryl methyl sites for hydroxylation is 1. The first-order valence-electron chi connectivity index (χ1n) is 4.92. The van der Waals surface area contributed by atoms with E-state index in [0.717, 1.165) is 6.42 Å². The topological polar surface area (TPSA) is 22.1 Å². The molecule has 2 aromatic heterocycles. The average molecular weight is 219 g/mol. The zero-order chi connectivity index (χ0) is 10.5. The third-order valence-electron chi connectivity index (χ3n) is 2.07. The van der Waals surface area contributed by atoms with E-state index in [-0.39, 0.29) is 0 Å². The summed E-state index contributed by atoms with van der Waals surface area (Å²) < 4.78 is 5.56. The number of nitrogens with zero attached hydrogens (tertiary/aromatic N) is 1. The minimum atomic E-state index is 0.691. The van der Waals surface area contributed by atoms with Gasteiger partial charge in [-0.1, -0.05) is 6.07 Å². The zero-order valence-electron chi connectivity index (χ0n) is 8.64. The fraction of sp³-hybridized carbons (Fsp3) is 0.250. The molecule has 0 atom stereocenters. The van der Waals surface area contributed by atoms with E-state index in [4.69, 9.17) is 4.74 Å². The second kappa shape index (κ2) is 4.94. The fourth-order valence-corrected chi connectivity index (χ4v) is 1.99. The van der Waals surface area contributed by atoms with Gasteiger partial charge in [-0.05, 0) is 30.0 Å². The van der Waals surface area contributed by atoms with Crippen LogP contribution < -0.4 is 4.74 Å². The van der Waals surface area contributed by atoms with Gasteiger partial charge in [-0.15, -0.1) is 11.3 Å². The lowest BCUT2D eigenvalue weighted by atomic mass is 10.3. The van der Waals surface area contributed by atoms with Crippen molar-refractivity contribution in [3.63, 3.8) is 0 Å². The van der Waals surface area contributed by atoms with Crippen LogP contribution in [0.4, 0.5) is 0 Å². The predicted molar refractivity (Wildman–Crippen MR) is 62.5 cm³/mol. The number of rotatable bonds is 4. The molecule has 2 nitrogen and oxygen atoms in total. The van der Waals surface area contributed by atoms with Gasteiger partial charge in [-0.2, -0.15) is 0 Å². The van der Waals surface area contributed by atoms with Gasteiger partial charge in [0.2, 0.25) is 5.88 Å². The van der Waals surface area contributed by atoms with Crippen LogP contribution in [0.1, 0.15) is 10.4 Å². The molecule has 0 fully saturated rings. The Morgan fingerprint density at radius 3 is 3.07 bits per heavy atom. The summed E-state index contributed by atoms with van der Waals surface area (Å²) in [5, 5.41) is 2.08. The quantitative estimate of drug-likeness (QED) is 0.788. The first kappa shape index (κ1) is 10.2. The molecule has 2 rings (SSSR count). The number of hydrogen-bond acceptors (Lipinski definition) is 3. The van der Waals surface area contributed by atoms with Gasteiger partial charge in [-0.25, -0.2) is 4.98 Å². The third kappa shape index (κ3) is 3.06. The summed E-state index contributed by atoms with van der Waals surface area (Å²) in [6.07, 6.45) is 2.73. The lowest BCUT2D eigenvalue weighted by Crippen LogP contribution is -2.01. The molecule has 0 amide bonds. The Morgan fingerprint density at radius 2 is 2.33 bits per heavy atom. The van der Waals surface area contributed by atoms with Crippen molar-refractivity contribution < 1.29 is 4.74 Å². The number of thiophene rings is 1. The van der Waals surface area contributed by atoms with E-state index in [9.17, 15) is 0 Å². The largest absolute Gasteiger partial charge is 0.477 e. The molecule has 3 heteroatoms. The molecule has 0 aliphatic heterocycles. The first-order valence-corrected chi connectivity index (χ1v) is 5.80. The number of ether oxygens (including phenoxy) is 1. The van der Waals surface area contributed by atoms with Crippen molar-refractivity contribution in [1.82, 2.24) is 4.98 Å². The Balaban J connectivity index is 1.83. The summed E-state index contributed by atoms with van der Waals surface area (Å²) in [6.45, 7) is 2.73. The smallest absolute Gasteiger partial charge is 0.213 e. The van der Waals surface area contributed by atoms with Crippen molar-refractivity contribution in [2.75, 3.05) is 6.61 Å². The average Bonchev–Trinajstić information content (AvgIpc) is 2.71. The van der Waals surface area contributed by atoms with Gasteiger partial charge in [0.05, 0.1) is 6.61 Å². The summed E-state index contributed by atoms with van der Waals surface area (Å²) in [6, 6.07) is 8.10. The maximum Gasteiger partial charge on any atom is 0.213 e. The summed E-state index contributed by atoms with van der Waals surface area (Å²) in [5.74, 6) is 0.714. The molecule has 0 aromatic carbocycles. The minimum Gasteiger partial charge on any atom is -0.477 e. The molecule has 0 spiro atoms. The summed E-state index contributed by atoms with van der Waals surface area (Å²) >= 11 is 1.76. The van der Waals surface area contributed by atoms with Crippen LogP contribution in [0.5, 0.6) is 5.88 Å². The highest BCUT2D eigenvalue weighted by atomic mass is 32.1. The molecule has 0 saturated heterocycles. The number of pyridine rings is 1. The number of hydrogen-bond donors (Lipinski definition) is 0. The van der Waals surface area contributed by atoms with Gasteiger partial charge >= 0.3 is 0 Å². The van der Waals surface area contributed by atoms with Gasteiger partial charge < -0.3 is 4.74 Å². The molecule has 0 aliphatic rings. The van der Waals surface area contributed by atoms with Crippen LogP contribution in [0.2, 0.25) is 0 Å². The van der Waals surface area contributed by atoms with Crippen LogP contribution in [0.25, 0.3) is 0 Å². The molecule has 2 aromatic rings. The van der Waals surface area contributed by atoms with Crippen molar-refractivity contribution in [1.29, 1.82) is 0 Å². The zero-order valence-corrected chi connectivity index (χ0v) is 9.46. The van der Waals surface area contributed by atoms with Gasteiger partial charge in [0.1, 0.15) is 0 Å². The molecular weight excluding hydrogens is 206 g/mol. The molecule has 0 bridgehead atoms. The molecule has 0 unspecified atom stereocenters. The molecule has 2 heterocycles. The lowest BCUT2D eigenvalue weighted by Gasteiger charge is -2.04. The Morgan fingerprint density at radius 1 is 1.40 bits per heavy atom. The summed E-state index contributed by atoms with van der Waals surface area (Å²) in [4.78, 5) is 5.49. The Hall–Kier alpha value is -1.35. The van der Waals surface area contributed by atoms with Crippen LogP contribution in [-0.2, 0) is 6.42 Å². The van der Waals surface area contributed by atoms with Gasteiger partial charge in [0.25, 0.3) is 0 Å². The highest BCUT2D eigenvalue weighted by Gasteiger charge is 1.97. The highest BCUT2D eigenvalue weighted by molar-refractivity contribution is 7.09. The van der Waals surface area contributed by atoms with Gasteiger partial charge in [0.15, 0.2) is 0 Å². The number of aromatic nitrogens is 1. The summed E-state index contributed by atoms with van der Waals surface area (Å²) in [7, 11) is 0. The van der Waals surface area contributed by atoms with E-state index in [1.54, 1.807) is 17.5 Å². The Kier molecular flexibility index (Phi) is 3.35. The van der Waals surface area contributed by atoms with E-state index in [0.29, 0.717) is 12.5 Å². The monoisotopic (exact) mass is 219 g/mol. The SMILES string of the molecule is Cc1ccnc(OCCc2cccs2)c1. The molecule has 0 radical (unpaired) electrons. The summed E-state index contributed by atoms with van der Waals surface area (Å²) in [5.41, 5.74) is 1.18. The van der Waals surface area contributed by atoms with Crippen LogP contribution in [0.15, 0.2) is 35.8 Å². The molecule has 15 heavy (non-hydrogen) atoms. The van der Waals surface area contributed by atoms with Crippen LogP contribution in [0.3, 0.4) is 0 Å². The minimum absolute atomic E-state index is 0.691. The normalized spacial score (nSPS) is 10.2. The lowest BCUT2D eigenvalue weighted by molar-refractivity contribution is 0.310. The van der Waals surface area contributed by atoms with Gasteiger partial charge in [0, 0.05) is 23.6 Å². The van der Waals surface area contributed by atoms with E-state index >= 15 is 0 Å². The van der Waals surface area contributed by atoms with E-state index in [2.05, 4.69) is 22.5 Å². The Bertz CT molecular complexity index is 411. The third-order valence-corrected chi connectivity index (χ3v) is 3.01. The Labute approximate surface area is 93.6 Å². The molecule has 0 aliphatic carbocycles. The van der Waals surface area contributed by atoms with Crippen LogP contribution >= 0.6 is 11.3 Å². The first-order chi connectivity index (χ1) is 7.34. The highest BCUT2D eigenvalue weighted by Crippen LogP contribution is 2.11. The standard InChI is InChI=1S/C12H13NOS/c1-10-4-6-13-12(9-10)14-7-5-11-3-2-8-15-11/h2-4,6,8-9H,5,7H2,1H3. The van der Waals surface area contributed by atoms with Crippen molar-refractivity contribution in [3.8, 4) is 5.88 Å². The maximum absolute atomic E-state index is 5.56. The molecule has 0 N–H and O–H groups in total. The molecular formula is C12H13NOS. The van der Waals surface area contributed by atoms with Crippen LogP contribution in [-0.4, -0.2) is 11.6 Å². The molecule has 0 saturated carbocycles. The predicted octanol–water partition coefficient (Wildman–Crippen LogP) is 3.07. The fourth-order valence-electron chi connectivity index (χ4n) is 1.30. The van der Waals surface area contributed by atoms with Gasteiger partial charge in [-0.3, -0.25) is 0 Å². The van der Waals surface area contributed by atoms with E-state index in [1.165, 1.54) is 10.4 Å². The van der Waals surface area contributed by atoms with Crippen molar-refractivity contribution in [2.24, 2.45) is 0 Å². The second-order valence-corrected chi connectivity index (χ2v) is 4.38. The van der Waals surface area contributed by atoms with Crippen molar-refractivity contribution in [3.05, 3.63) is 46.3 Å². The maximum atomic E-state index is 5.56. The molecule has 78 valence electrons. The van der Waals surface area contributed by atoms with E-state index in [1.807, 2.05) is 19.1 Å². The second-order valence-electron chi connectivity index (χ2n) is 3.35. The van der Waals surface area contributed by atoms with Crippen molar-refractivity contribution >= 4 is 11.3 Å².